The Balaban J connectivity index is 2.02. The lowest BCUT2D eigenvalue weighted by atomic mass is 9.87. The van der Waals surface area contributed by atoms with Crippen LogP contribution in [0, 0.1) is 12.3 Å². The van der Waals surface area contributed by atoms with Crippen molar-refractivity contribution < 1.29 is 4.74 Å². The summed E-state index contributed by atoms with van der Waals surface area (Å²) in [6.07, 6.45) is 9.11. The fourth-order valence-electron chi connectivity index (χ4n) is 1.57. The van der Waals surface area contributed by atoms with Crippen molar-refractivity contribution in [3.8, 4) is 0 Å². The molecule has 1 nitrogen and oxygen atoms in total. The van der Waals surface area contributed by atoms with E-state index in [1.165, 1.54) is 32.1 Å². The minimum Gasteiger partial charge on any atom is -0.385 e. The smallest absolute Gasteiger partial charge is 0.0464 e. The molecule has 59 valence electrons. The molecule has 0 aliphatic heterocycles. The highest BCUT2D eigenvalue weighted by molar-refractivity contribution is 4.76. The van der Waals surface area contributed by atoms with Crippen LogP contribution in [0.1, 0.15) is 32.1 Å². The Bertz CT molecular complexity index is 74.8. The molecule has 0 heterocycles. The predicted octanol–water partition coefficient (Wildman–Crippen LogP) is 2.42. The minimum absolute atomic E-state index is 0.949. The second-order valence-electron chi connectivity index (χ2n) is 3.09. The van der Waals surface area contributed by atoms with E-state index in [-0.39, 0.29) is 0 Å². The summed E-state index contributed by atoms with van der Waals surface area (Å²) in [6.45, 7) is 0.949. The molecule has 0 aromatic heterocycles. The van der Waals surface area contributed by atoms with Crippen molar-refractivity contribution in [3.63, 3.8) is 0 Å². The molecule has 0 N–H and O–H groups in total. The molecule has 0 spiro atoms. The van der Waals surface area contributed by atoms with Gasteiger partial charge in [-0.05, 0) is 31.6 Å². The first-order chi connectivity index (χ1) is 4.93. The zero-order valence-electron chi connectivity index (χ0n) is 6.81. The molecule has 0 aromatic carbocycles. The van der Waals surface area contributed by atoms with Crippen LogP contribution < -0.4 is 0 Å². The van der Waals surface area contributed by atoms with Crippen LogP contribution in [0.3, 0.4) is 0 Å². The van der Waals surface area contributed by atoms with Crippen molar-refractivity contribution >= 4 is 0 Å². The molecule has 0 aromatic rings. The summed E-state index contributed by atoms with van der Waals surface area (Å²) in [7, 11) is 1.79. The van der Waals surface area contributed by atoms with Gasteiger partial charge in [0.2, 0.25) is 0 Å². The van der Waals surface area contributed by atoms with Crippen molar-refractivity contribution in [1.29, 1.82) is 0 Å². The van der Waals surface area contributed by atoms with Gasteiger partial charge in [-0.2, -0.15) is 0 Å². The Kier molecular flexibility index (Phi) is 3.81. The molecule has 0 unspecified atom stereocenters. The van der Waals surface area contributed by atoms with Crippen LogP contribution in [0.5, 0.6) is 0 Å². The van der Waals surface area contributed by atoms with Crippen molar-refractivity contribution in [1.82, 2.24) is 0 Å². The van der Waals surface area contributed by atoms with Gasteiger partial charge in [0, 0.05) is 13.7 Å². The van der Waals surface area contributed by atoms with Gasteiger partial charge < -0.3 is 4.74 Å². The van der Waals surface area contributed by atoms with E-state index < -0.39 is 0 Å². The van der Waals surface area contributed by atoms with Crippen molar-refractivity contribution in [2.45, 2.75) is 32.1 Å². The summed E-state index contributed by atoms with van der Waals surface area (Å²) in [5.74, 6) is 0.949. The average Bonchev–Trinajstić information content (AvgIpc) is 2.03. The molecule has 1 heteroatoms. The molecular formula is C9H17O. The third-order valence-corrected chi connectivity index (χ3v) is 2.29. The second-order valence-corrected chi connectivity index (χ2v) is 3.09. The van der Waals surface area contributed by atoms with Crippen LogP contribution in [-0.4, -0.2) is 13.7 Å². The molecule has 1 saturated carbocycles. The highest BCUT2D eigenvalue weighted by atomic mass is 16.5. The zero-order chi connectivity index (χ0) is 7.23. The van der Waals surface area contributed by atoms with Gasteiger partial charge >= 0.3 is 0 Å². The summed E-state index contributed by atoms with van der Waals surface area (Å²) in [4.78, 5) is 0. The van der Waals surface area contributed by atoms with E-state index in [4.69, 9.17) is 4.74 Å². The highest BCUT2D eigenvalue weighted by Gasteiger charge is 2.12. The maximum atomic E-state index is 5.03. The van der Waals surface area contributed by atoms with E-state index in [2.05, 4.69) is 6.42 Å². The van der Waals surface area contributed by atoms with Crippen molar-refractivity contribution in [2.24, 2.45) is 5.92 Å². The molecule has 10 heavy (non-hydrogen) atoms. The van der Waals surface area contributed by atoms with Gasteiger partial charge in [0.15, 0.2) is 0 Å². The molecule has 1 rings (SSSR count). The zero-order valence-corrected chi connectivity index (χ0v) is 6.81. The molecular weight excluding hydrogens is 124 g/mol. The van der Waals surface area contributed by atoms with E-state index in [0.717, 1.165) is 12.5 Å². The number of hydrogen-bond donors (Lipinski definition) is 0. The largest absolute Gasteiger partial charge is 0.385 e. The van der Waals surface area contributed by atoms with Crippen LogP contribution in [-0.2, 0) is 4.74 Å². The van der Waals surface area contributed by atoms with Gasteiger partial charge in [-0.15, -0.1) is 0 Å². The second kappa shape index (κ2) is 4.73. The van der Waals surface area contributed by atoms with Crippen LogP contribution >= 0.6 is 0 Å². The Hall–Kier alpha value is -0.0400. The minimum atomic E-state index is 0.949. The summed E-state index contributed by atoms with van der Waals surface area (Å²) in [6, 6.07) is 0. The Morgan fingerprint density at radius 3 is 2.70 bits per heavy atom. The number of hydrogen-bond acceptors (Lipinski definition) is 1. The maximum Gasteiger partial charge on any atom is 0.0464 e. The van der Waals surface area contributed by atoms with E-state index in [1.54, 1.807) is 7.11 Å². The topological polar surface area (TPSA) is 9.23 Å². The van der Waals surface area contributed by atoms with Crippen molar-refractivity contribution in [2.75, 3.05) is 13.7 Å². The fourth-order valence-corrected chi connectivity index (χ4v) is 1.57. The summed E-state index contributed by atoms with van der Waals surface area (Å²) in [5, 5.41) is 0. The van der Waals surface area contributed by atoms with Gasteiger partial charge in [-0.3, -0.25) is 0 Å². The molecule has 0 saturated heterocycles. The van der Waals surface area contributed by atoms with E-state index in [1.807, 2.05) is 0 Å². The van der Waals surface area contributed by atoms with Gasteiger partial charge in [0.05, 0.1) is 0 Å². The summed E-state index contributed by atoms with van der Waals surface area (Å²) < 4.78 is 5.03. The maximum absolute atomic E-state index is 5.03. The monoisotopic (exact) mass is 141 g/mol. The lowest BCUT2D eigenvalue weighted by Gasteiger charge is -2.20. The molecule has 1 aliphatic carbocycles. The molecule has 1 aliphatic rings. The van der Waals surface area contributed by atoms with E-state index in [9.17, 15) is 0 Å². The quantitative estimate of drug-likeness (QED) is 0.586. The molecule has 1 fully saturated rings. The molecule has 0 bridgehead atoms. The van der Waals surface area contributed by atoms with Crippen LogP contribution in [0.25, 0.3) is 0 Å². The summed E-state index contributed by atoms with van der Waals surface area (Å²) in [5.41, 5.74) is 0. The van der Waals surface area contributed by atoms with Crippen molar-refractivity contribution in [3.05, 3.63) is 6.42 Å². The third kappa shape index (κ3) is 2.70. The first-order valence-corrected chi connectivity index (χ1v) is 4.24. The SMILES string of the molecule is COCCC1CC[CH]CC1. The standard InChI is InChI=1S/C9H17O/c1-10-8-7-9-5-3-2-4-6-9/h2,9H,3-8H2,1H3. The van der Waals surface area contributed by atoms with Crippen LogP contribution in [0.15, 0.2) is 0 Å². The van der Waals surface area contributed by atoms with Gasteiger partial charge in [0.25, 0.3) is 0 Å². The normalized spacial score (nSPS) is 21.3. The number of ether oxygens (including phenoxy) is 1. The highest BCUT2D eigenvalue weighted by Crippen LogP contribution is 2.25. The molecule has 0 atom stereocenters. The lowest BCUT2D eigenvalue weighted by Crippen LogP contribution is -2.08. The first-order valence-electron chi connectivity index (χ1n) is 4.24. The van der Waals surface area contributed by atoms with Crippen LogP contribution in [0.2, 0.25) is 0 Å². The first kappa shape index (κ1) is 8.06. The number of methoxy groups -OCH3 is 1. The Morgan fingerprint density at radius 1 is 1.40 bits per heavy atom. The van der Waals surface area contributed by atoms with Gasteiger partial charge in [-0.1, -0.05) is 12.8 Å². The Morgan fingerprint density at radius 2 is 2.10 bits per heavy atom. The third-order valence-electron chi connectivity index (χ3n) is 2.29. The van der Waals surface area contributed by atoms with Gasteiger partial charge in [0.1, 0.15) is 0 Å². The molecule has 0 amide bonds. The molecule has 1 radical (unpaired) electrons. The Labute approximate surface area is 63.8 Å². The number of rotatable bonds is 3. The predicted molar refractivity (Wildman–Crippen MR) is 42.8 cm³/mol. The van der Waals surface area contributed by atoms with E-state index in [0.29, 0.717) is 0 Å². The fraction of sp³-hybridized carbons (Fsp3) is 0.889. The van der Waals surface area contributed by atoms with Gasteiger partial charge in [-0.25, -0.2) is 0 Å². The average molecular weight is 141 g/mol. The lowest BCUT2D eigenvalue weighted by molar-refractivity contribution is 0.169. The summed E-state index contributed by atoms with van der Waals surface area (Å²) >= 11 is 0. The van der Waals surface area contributed by atoms with E-state index >= 15 is 0 Å². The van der Waals surface area contributed by atoms with Crippen LogP contribution in [0.4, 0.5) is 0 Å².